The Balaban J connectivity index is 1.68. The van der Waals surface area contributed by atoms with Crippen LogP contribution in [0.25, 0.3) is 0 Å². The third-order valence-corrected chi connectivity index (χ3v) is 4.08. The van der Waals surface area contributed by atoms with Crippen LogP contribution in [0.15, 0.2) is 22.9 Å². The van der Waals surface area contributed by atoms with E-state index >= 15 is 0 Å². The summed E-state index contributed by atoms with van der Waals surface area (Å²) in [4.78, 5) is 22.2. The van der Waals surface area contributed by atoms with E-state index < -0.39 is 0 Å². The van der Waals surface area contributed by atoms with E-state index in [1.807, 2.05) is 19.9 Å². The van der Waals surface area contributed by atoms with E-state index in [0.29, 0.717) is 5.95 Å². The van der Waals surface area contributed by atoms with Gasteiger partial charge in [0.15, 0.2) is 0 Å². The summed E-state index contributed by atoms with van der Waals surface area (Å²) in [5.74, 6) is 2.45. The van der Waals surface area contributed by atoms with Crippen molar-refractivity contribution < 1.29 is 0 Å². The zero-order valence-electron chi connectivity index (χ0n) is 13.3. The second-order valence-electron chi connectivity index (χ2n) is 5.40. The molecule has 8 heteroatoms. The number of rotatable bonds is 4. The molecule has 2 aromatic heterocycles. The largest absolute Gasteiger partial charge is 0.354 e. The maximum absolute atomic E-state index is 4.60. The summed E-state index contributed by atoms with van der Waals surface area (Å²) >= 11 is 3.36. The van der Waals surface area contributed by atoms with Crippen molar-refractivity contribution in [3.05, 3.63) is 28.6 Å². The molecule has 1 aliphatic heterocycles. The molecule has 2 aromatic rings. The highest BCUT2D eigenvalue weighted by molar-refractivity contribution is 9.10. The summed E-state index contributed by atoms with van der Waals surface area (Å²) in [6.07, 6.45) is 3.57. The number of aryl methyl sites for hydroxylation is 1. The van der Waals surface area contributed by atoms with Gasteiger partial charge in [-0.15, -0.1) is 0 Å². The van der Waals surface area contributed by atoms with Gasteiger partial charge in [0.25, 0.3) is 0 Å². The van der Waals surface area contributed by atoms with Gasteiger partial charge in [0.1, 0.15) is 5.82 Å². The summed E-state index contributed by atoms with van der Waals surface area (Å²) < 4.78 is 0.896. The molecule has 0 bridgehead atoms. The minimum Gasteiger partial charge on any atom is -0.354 e. The number of piperazine rings is 1. The Morgan fingerprint density at radius 1 is 1.09 bits per heavy atom. The Morgan fingerprint density at radius 2 is 1.74 bits per heavy atom. The molecule has 0 saturated carbocycles. The zero-order valence-corrected chi connectivity index (χ0v) is 14.9. The molecule has 0 spiro atoms. The summed E-state index contributed by atoms with van der Waals surface area (Å²) in [6.45, 7) is 8.39. The van der Waals surface area contributed by atoms with Gasteiger partial charge in [-0.25, -0.2) is 15.0 Å². The summed E-state index contributed by atoms with van der Waals surface area (Å²) in [7, 11) is 0. The fourth-order valence-corrected chi connectivity index (χ4v) is 2.76. The molecule has 0 aliphatic carbocycles. The third-order valence-electron chi connectivity index (χ3n) is 3.67. The lowest BCUT2D eigenvalue weighted by Gasteiger charge is -2.35. The number of anilines is 3. The minimum atomic E-state index is 0.696. The number of hydrogen-bond donors (Lipinski definition) is 1. The lowest BCUT2D eigenvalue weighted by atomic mass is 10.3. The molecule has 0 unspecified atom stereocenters. The minimum absolute atomic E-state index is 0.696. The van der Waals surface area contributed by atoms with Crippen LogP contribution in [-0.4, -0.2) is 52.7 Å². The Bertz CT molecular complexity index is 653. The van der Waals surface area contributed by atoms with E-state index in [2.05, 4.69) is 51.0 Å². The van der Waals surface area contributed by atoms with Crippen molar-refractivity contribution in [2.45, 2.75) is 13.8 Å². The van der Waals surface area contributed by atoms with Crippen LogP contribution < -0.4 is 15.1 Å². The standard InChI is InChI=1S/C15H20BrN7/c1-3-17-14-20-11(2)8-13(21-14)22-4-6-23(7-5-22)15-18-9-12(16)10-19-15/h8-10H,3-7H2,1-2H3,(H,17,20,21). The van der Waals surface area contributed by atoms with Gasteiger partial charge in [0.05, 0.1) is 4.47 Å². The highest BCUT2D eigenvalue weighted by Crippen LogP contribution is 2.19. The average molecular weight is 378 g/mol. The number of nitrogens with zero attached hydrogens (tertiary/aromatic N) is 6. The first-order chi connectivity index (χ1) is 11.2. The normalized spacial score (nSPS) is 14.9. The second-order valence-corrected chi connectivity index (χ2v) is 6.31. The molecule has 0 amide bonds. The van der Waals surface area contributed by atoms with Crippen LogP contribution in [0.5, 0.6) is 0 Å². The van der Waals surface area contributed by atoms with Crippen LogP contribution >= 0.6 is 15.9 Å². The molecule has 122 valence electrons. The van der Waals surface area contributed by atoms with Crippen molar-refractivity contribution in [1.82, 2.24) is 19.9 Å². The number of hydrogen-bond acceptors (Lipinski definition) is 7. The third kappa shape index (κ3) is 3.87. The maximum atomic E-state index is 4.60. The van der Waals surface area contributed by atoms with Crippen LogP contribution in [0.2, 0.25) is 0 Å². The Hall–Kier alpha value is -1.96. The van der Waals surface area contributed by atoms with E-state index in [0.717, 1.165) is 54.7 Å². The van der Waals surface area contributed by atoms with Crippen LogP contribution in [-0.2, 0) is 0 Å². The van der Waals surface area contributed by atoms with Gasteiger partial charge in [-0.05, 0) is 29.8 Å². The van der Waals surface area contributed by atoms with Crippen LogP contribution in [0.3, 0.4) is 0 Å². The van der Waals surface area contributed by atoms with E-state index in [4.69, 9.17) is 0 Å². The monoisotopic (exact) mass is 377 g/mol. The SMILES string of the molecule is CCNc1nc(C)cc(N2CCN(c3ncc(Br)cn3)CC2)n1. The van der Waals surface area contributed by atoms with Gasteiger partial charge < -0.3 is 15.1 Å². The van der Waals surface area contributed by atoms with Gasteiger partial charge in [0.2, 0.25) is 11.9 Å². The van der Waals surface area contributed by atoms with Crippen molar-refractivity contribution in [1.29, 1.82) is 0 Å². The number of aromatic nitrogens is 4. The van der Waals surface area contributed by atoms with Crippen molar-refractivity contribution in [2.24, 2.45) is 0 Å². The Morgan fingerprint density at radius 3 is 2.39 bits per heavy atom. The van der Waals surface area contributed by atoms with Crippen LogP contribution in [0, 0.1) is 6.92 Å². The Kier molecular flexibility index (Phi) is 4.90. The highest BCUT2D eigenvalue weighted by Gasteiger charge is 2.20. The van der Waals surface area contributed by atoms with Gasteiger partial charge in [-0.1, -0.05) is 0 Å². The molecule has 0 aromatic carbocycles. The quantitative estimate of drug-likeness (QED) is 0.874. The second kappa shape index (κ2) is 7.08. The lowest BCUT2D eigenvalue weighted by molar-refractivity contribution is 0.633. The summed E-state index contributed by atoms with van der Waals surface area (Å²) in [5, 5.41) is 3.18. The Labute approximate surface area is 144 Å². The average Bonchev–Trinajstić information content (AvgIpc) is 2.55. The molecule has 3 heterocycles. The molecule has 1 N–H and O–H groups in total. The zero-order chi connectivity index (χ0) is 16.2. The van der Waals surface area contributed by atoms with Crippen molar-refractivity contribution in [3.8, 4) is 0 Å². The first-order valence-electron chi connectivity index (χ1n) is 7.72. The topological polar surface area (TPSA) is 70.1 Å². The molecule has 7 nitrogen and oxygen atoms in total. The van der Waals surface area contributed by atoms with Crippen LogP contribution in [0.1, 0.15) is 12.6 Å². The first kappa shape index (κ1) is 15.9. The number of halogens is 1. The van der Waals surface area contributed by atoms with E-state index in [9.17, 15) is 0 Å². The van der Waals surface area contributed by atoms with Crippen molar-refractivity contribution in [3.63, 3.8) is 0 Å². The van der Waals surface area contributed by atoms with Gasteiger partial charge in [-0.3, -0.25) is 0 Å². The summed E-state index contributed by atoms with van der Waals surface area (Å²) in [5.41, 5.74) is 0.977. The molecular weight excluding hydrogens is 358 g/mol. The van der Waals surface area contributed by atoms with E-state index in [-0.39, 0.29) is 0 Å². The van der Waals surface area contributed by atoms with Crippen molar-refractivity contribution in [2.75, 3.05) is 47.8 Å². The molecular formula is C15H20BrN7. The molecule has 1 aliphatic rings. The molecule has 1 saturated heterocycles. The fourth-order valence-electron chi connectivity index (χ4n) is 2.56. The lowest BCUT2D eigenvalue weighted by Crippen LogP contribution is -2.47. The summed E-state index contributed by atoms with van der Waals surface area (Å²) in [6, 6.07) is 2.03. The fraction of sp³-hybridized carbons (Fsp3) is 0.467. The van der Waals surface area contributed by atoms with E-state index in [1.54, 1.807) is 12.4 Å². The highest BCUT2D eigenvalue weighted by atomic mass is 79.9. The van der Waals surface area contributed by atoms with Crippen molar-refractivity contribution >= 4 is 33.6 Å². The molecule has 23 heavy (non-hydrogen) atoms. The molecule has 1 fully saturated rings. The first-order valence-corrected chi connectivity index (χ1v) is 8.52. The predicted molar refractivity (Wildman–Crippen MR) is 95.1 cm³/mol. The van der Waals surface area contributed by atoms with Gasteiger partial charge in [0, 0.05) is 56.9 Å². The molecule has 3 rings (SSSR count). The van der Waals surface area contributed by atoms with Gasteiger partial charge in [-0.2, -0.15) is 4.98 Å². The van der Waals surface area contributed by atoms with Gasteiger partial charge >= 0.3 is 0 Å². The smallest absolute Gasteiger partial charge is 0.225 e. The molecule has 0 atom stereocenters. The van der Waals surface area contributed by atoms with E-state index in [1.165, 1.54) is 0 Å². The maximum Gasteiger partial charge on any atom is 0.225 e. The predicted octanol–water partition coefficient (Wildman–Crippen LogP) is 2.10. The number of nitrogens with one attached hydrogen (secondary N) is 1. The van der Waals surface area contributed by atoms with Crippen LogP contribution in [0.4, 0.5) is 17.7 Å². The molecule has 0 radical (unpaired) electrons.